The summed E-state index contributed by atoms with van der Waals surface area (Å²) in [5.41, 5.74) is 0.620. The Labute approximate surface area is 218 Å². The Balaban J connectivity index is 1.82. The van der Waals surface area contributed by atoms with Crippen molar-refractivity contribution < 1.29 is 18.0 Å². The number of aryl methyl sites for hydroxylation is 1. The van der Waals surface area contributed by atoms with Crippen molar-refractivity contribution in [2.24, 2.45) is 0 Å². The number of nitrogens with one attached hydrogen (secondary N) is 1. The van der Waals surface area contributed by atoms with Gasteiger partial charge in [-0.3, -0.25) is 9.48 Å². The number of rotatable bonds is 6. The molecule has 10 heteroatoms. The first-order chi connectivity index (χ1) is 17.5. The average Bonchev–Trinajstić information content (AvgIpc) is 3.51. The molecule has 1 aliphatic rings. The number of fused-ring (bicyclic) bond motifs is 1. The molecule has 0 saturated carbocycles. The van der Waals surface area contributed by atoms with Gasteiger partial charge in [-0.1, -0.05) is 30.3 Å². The summed E-state index contributed by atoms with van der Waals surface area (Å²) in [6.45, 7) is 6.53. The number of nitrogens with zero attached hydrogens (tertiary/aromatic N) is 4. The number of halogens is 3. The molecule has 3 aromatic rings. The van der Waals surface area contributed by atoms with E-state index < -0.39 is 17.8 Å². The van der Waals surface area contributed by atoms with Crippen LogP contribution in [0.25, 0.3) is 11.1 Å². The summed E-state index contributed by atoms with van der Waals surface area (Å²) in [7, 11) is 1.81. The van der Waals surface area contributed by atoms with Crippen molar-refractivity contribution in [2.45, 2.75) is 51.5 Å². The van der Waals surface area contributed by atoms with E-state index in [0.717, 1.165) is 10.4 Å². The van der Waals surface area contributed by atoms with Gasteiger partial charge in [-0.05, 0) is 50.6 Å². The smallest absolute Gasteiger partial charge is 0.333 e. The van der Waals surface area contributed by atoms with Gasteiger partial charge in [-0.15, -0.1) is 11.3 Å². The standard InChI is InChI=1S/C27H28F3N5OS/c1-5-35-15-22(25(33-35)27(28,29)30)19-9-7-6-8-18(19)21-14-34(24(36)10-11-26(2,3)32-4)16-23-20(21)12-17(13-31)37-23/h6-12,15,21,32H,5,14,16H2,1-4H3/b11-10+/t21-/m0/s1. The van der Waals surface area contributed by atoms with Crippen molar-refractivity contribution >= 4 is 17.2 Å². The van der Waals surface area contributed by atoms with Gasteiger partial charge in [0, 0.05) is 47.3 Å². The summed E-state index contributed by atoms with van der Waals surface area (Å²) in [6.07, 6.45) is 0.114. The topological polar surface area (TPSA) is 74.0 Å². The number of carbonyl (C=O) groups excluding carboxylic acids is 1. The Hall–Kier alpha value is -3.42. The third kappa shape index (κ3) is 5.48. The molecule has 0 unspecified atom stereocenters. The molecule has 0 fully saturated rings. The van der Waals surface area contributed by atoms with E-state index in [1.807, 2.05) is 13.8 Å². The fourth-order valence-electron chi connectivity index (χ4n) is 4.41. The molecular weight excluding hydrogens is 499 g/mol. The number of hydrogen-bond donors (Lipinski definition) is 1. The molecule has 1 N–H and O–H groups in total. The minimum Gasteiger partial charge on any atom is -0.333 e. The zero-order chi connectivity index (χ0) is 27.0. The number of benzene rings is 1. The predicted molar refractivity (Wildman–Crippen MR) is 137 cm³/mol. The van der Waals surface area contributed by atoms with Gasteiger partial charge in [0.05, 0.1) is 6.54 Å². The number of aromatic nitrogens is 2. The SMILES string of the molecule is CCn1cc(-c2ccccc2[C@@H]2CN(C(=O)/C=C/C(C)(C)NC)Cc3sc(C#N)cc32)c(C(F)(F)F)n1. The Kier molecular flexibility index (Phi) is 7.31. The average molecular weight is 528 g/mol. The molecule has 0 aliphatic carbocycles. The van der Waals surface area contributed by atoms with E-state index in [1.165, 1.54) is 28.3 Å². The zero-order valence-corrected chi connectivity index (χ0v) is 21.9. The number of thiophene rings is 1. The Morgan fingerprint density at radius 3 is 2.65 bits per heavy atom. The van der Waals surface area contributed by atoms with Crippen LogP contribution in [0, 0.1) is 11.3 Å². The molecule has 194 valence electrons. The van der Waals surface area contributed by atoms with Crippen LogP contribution < -0.4 is 5.32 Å². The van der Waals surface area contributed by atoms with Gasteiger partial charge in [0.2, 0.25) is 5.91 Å². The molecule has 1 amide bonds. The second-order valence-corrected chi connectivity index (χ2v) is 10.6. The highest BCUT2D eigenvalue weighted by Crippen LogP contribution is 2.44. The molecule has 37 heavy (non-hydrogen) atoms. The van der Waals surface area contributed by atoms with E-state index in [-0.39, 0.29) is 23.6 Å². The van der Waals surface area contributed by atoms with Gasteiger partial charge in [0.15, 0.2) is 5.69 Å². The Morgan fingerprint density at radius 2 is 2.00 bits per heavy atom. The summed E-state index contributed by atoms with van der Waals surface area (Å²) in [5, 5.41) is 16.4. The molecule has 1 aliphatic heterocycles. The lowest BCUT2D eigenvalue weighted by atomic mass is 9.83. The number of likely N-dealkylation sites (N-methyl/N-ethyl adjacent to an activating group) is 1. The van der Waals surface area contributed by atoms with E-state index >= 15 is 0 Å². The predicted octanol–water partition coefficient (Wildman–Crippen LogP) is 5.55. The normalized spacial score (nSPS) is 16.2. The highest BCUT2D eigenvalue weighted by molar-refractivity contribution is 7.12. The molecule has 1 atom stereocenters. The van der Waals surface area contributed by atoms with Gasteiger partial charge < -0.3 is 10.2 Å². The highest BCUT2D eigenvalue weighted by atomic mass is 32.1. The minimum atomic E-state index is -4.62. The van der Waals surface area contributed by atoms with Gasteiger partial charge >= 0.3 is 6.18 Å². The first kappa shape index (κ1) is 26.6. The largest absolute Gasteiger partial charge is 0.435 e. The summed E-state index contributed by atoms with van der Waals surface area (Å²) in [6, 6.07) is 10.9. The summed E-state index contributed by atoms with van der Waals surface area (Å²) < 4.78 is 43.1. The van der Waals surface area contributed by atoms with E-state index in [0.29, 0.717) is 29.1 Å². The molecule has 0 saturated heterocycles. The third-order valence-corrected chi connectivity index (χ3v) is 7.68. The summed E-state index contributed by atoms with van der Waals surface area (Å²) >= 11 is 1.31. The van der Waals surface area contributed by atoms with Crippen molar-refractivity contribution in [2.75, 3.05) is 13.6 Å². The molecule has 6 nitrogen and oxygen atoms in total. The van der Waals surface area contributed by atoms with Gasteiger partial charge in [0.1, 0.15) is 10.9 Å². The monoisotopic (exact) mass is 527 g/mol. The molecular formula is C27H28F3N5OS. The van der Waals surface area contributed by atoms with Crippen molar-refractivity contribution in [3.05, 3.63) is 75.3 Å². The van der Waals surface area contributed by atoms with Crippen LogP contribution in [0.15, 0.2) is 48.7 Å². The van der Waals surface area contributed by atoms with Crippen LogP contribution in [0.1, 0.15) is 53.3 Å². The first-order valence-corrected chi connectivity index (χ1v) is 12.7. The van der Waals surface area contributed by atoms with Crippen LogP contribution in [0.5, 0.6) is 0 Å². The van der Waals surface area contributed by atoms with E-state index in [9.17, 15) is 23.2 Å². The first-order valence-electron chi connectivity index (χ1n) is 11.9. The van der Waals surface area contributed by atoms with Crippen LogP contribution in [-0.4, -0.2) is 39.7 Å². The second-order valence-electron chi connectivity index (χ2n) is 9.51. The highest BCUT2D eigenvalue weighted by Gasteiger charge is 2.39. The van der Waals surface area contributed by atoms with Crippen molar-refractivity contribution in [3.8, 4) is 17.2 Å². The van der Waals surface area contributed by atoms with Gasteiger partial charge in [-0.25, -0.2) is 0 Å². The van der Waals surface area contributed by atoms with Gasteiger partial charge in [-0.2, -0.15) is 23.5 Å². The van der Waals surface area contributed by atoms with Crippen LogP contribution in [0.2, 0.25) is 0 Å². The summed E-state index contributed by atoms with van der Waals surface area (Å²) in [4.78, 5) is 16.2. The van der Waals surface area contributed by atoms with Crippen LogP contribution >= 0.6 is 11.3 Å². The quantitative estimate of drug-likeness (QED) is 0.427. The lowest BCUT2D eigenvalue weighted by Crippen LogP contribution is -2.38. The number of amides is 1. The minimum absolute atomic E-state index is 0.00125. The van der Waals surface area contributed by atoms with Gasteiger partial charge in [0.25, 0.3) is 0 Å². The molecule has 2 aromatic heterocycles. The van der Waals surface area contributed by atoms with Crippen molar-refractivity contribution in [3.63, 3.8) is 0 Å². The van der Waals surface area contributed by atoms with E-state index in [1.54, 1.807) is 55.3 Å². The maximum atomic E-state index is 13.9. The Morgan fingerprint density at radius 1 is 1.27 bits per heavy atom. The molecule has 0 bridgehead atoms. The van der Waals surface area contributed by atoms with Crippen LogP contribution in [0.4, 0.5) is 13.2 Å². The molecule has 4 rings (SSSR count). The second kappa shape index (κ2) is 10.1. The maximum absolute atomic E-state index is 13.9. The van der Waals surface area contributed by atoms with Crippen LogP contribution in [-0.2, 0) is 24.1 Å². The number of carbonyl (C=O) groups is 1. The van der Waals surface area contributed by atoms with Crippen LogP contribution in [0.3, 0.4) is 0 Å². The number of hydrogen-bond acceptors (Lipinski definition) is 5. The van der Waals surface area contributed by atoms with Crippen molar-refractivity contribution in [1.29, 1.82) is 5.26 Å². The fourth-order valence-corrected chi connectivity index (χ4v) is 5.45. The van der Waals surface area contributed by atoms with E-state index in [4.69, 9.17) is 0 Å². The molecule has 3 heterocycles. The van der Waals surface area contributed by atoms with E-state index in [2.05, 4.69) is 16.5 Å². The molecule has 0 radical (unpaired) electrons. The number of alkyl halides is 3. The maximum Gasteiger partial charge on any atom is 0.435 e. The third-order valence-electron chi connectivity index (χ3n) is 6.64. The zero-order valence-electron chi connectivity index (χ0n) is 21.1. The lowest BCUT2D eigenvalue weighted by Gasteiger charge is -2.33. The Bertz CT molecular complexity index is 1380. The van der Waals surface area contributed by atoms with Crippen molar-refractivity contribution in [1.82, 2.24) is 20.0 Å². The lowest BCUT2D eigenvalue weighted by molar-refractivity contribution is -0.141. The fraction of sp³-hybridized carbons (Fsp3) is 0.370. The molecule has 0 spiro atoms. The number of nitriles is 1. The molecule has 1 aromatic carbocycles. The summed E-state index contributed by atoms with van der Waals surface area (Å²) in [5.74, 6) is -0.600.